The number of ether oxygens (including phenoxy) is 1. The average Bonchev–Trinajstić information content (AvgIpc) is 2.58. The molecule has 1 aliphatic heterocycles. The number of carbonyl (C=O) groups excluding carboxylic acids is 2. The van der Waals surface area contributed by atoms with Crippen molar-refractivity contribution in [3.8, 4) is 0 Å². The smallest absolute Gasteiger partial charge is 0.223 e. The molecule has 1 aliphatic rings. The van der Waals surface area contributed by atoms with E-state index >= 15 is 0 Å². The van der Waals surface area contributed by atoms with Gasteiger partial charge in [0.15, 0.2) is 0 Å². The molecule has 1 heterocycles. The highest BCUT2D eigenvalue weighted by Crippen LogP contribution is 2.31. The lowest BCUT2D eigenvalue weighted by atomic mass is 9.85. The predicted octanol–water partition coefficient (Wildman–Crippen LogP) is 2.88. The van der Waals surface area contributed by atoms with E-state index in [9.17, 15) is 9.59 Å². The minimum absolute atomic E-state index is 0.0167. The maximum absolute atomic E-state index is 12.2. The Bertz CT molecular complexity index is 601. The molecule has 2 rings (SSSR count). The quantitative estimate of drug-likeness (QED) is 0.892. The van der Waals surface area contributed by atoms with Crippen LogP contribution in [0.4, 0.5) is 5.69 Å². The number of nitrogens with one attached hydrogen (secondary N) is 1. The molecule has 1 aromatic carbocycles. The number of rotatable bonds is 5. The highest BCUT2D eigenvalue weighted by atomic mass is 16.5. The second-order valence-electron chi connectivity index (χ2n) is 7.62. The first-order valence-corrected chi connectivity index (χ1v) is 9.04. The van der Waals surface area contributed by atoms with E-state index in [2.05, 4.69) is 32.2 Å². The van der Waals surface area contributed by atoms with E-state index in [1.54, 1.807) is 11.8 Å². The highest BCUT2D eigenvalue weighted by Gasteiger charge is 2.24. The summed E-state index contributed by atoms with van der Waals surface area (Å²) in [6.07, 6.45) is 1.55. The number of nitrogens with zero attached hydrogens (tertiary/aromatic N) is 1. The van der Waals surface area contributed by atoms with E-state index in [0.717, 1.165) is 24.1 Å². The summed E-state index contributed by atoms with van der Waals surface area (Å²) in [6, 6.07) is 7.98. The van der Waals surface area contributed by atoms with Crippen LogP contribution < -0.4 is 10.2 Å². The highest BCUT2D eigenvalue weighted by molar-refractivity contribution is 5.92. The first kappa shape index (κ1) is 19.4. The van der Waals surface area contributed by atoms with Crippen molar-refractivity contribution in [1.82, 2.24) is 5.32 Å². The normalized spacial score (nSPS) is 15.7. The summed E-state index contributed by atoms with van der Waals surface area (Å²) in [5.74, 6) is 0.0781. The first-order chi connectivity index (χ1) is 11.8. The van der Waals surface area contributed by atoms with Crippen LogP contribution in [-0.2, 0) is 19.7 Å². The van der Waals surface area contributed by atoms with Gasteiger partial charge in [0, 0.05) is 44.8 Å². The lowest BCUT2D eigenvalue weighted by Crippen LogP contribution is -2.41. The number of carbonyl (C=O) groups is 2. The Labute approximate surface area is 150 Å². The number of amides is 2. The molecule has 0 aliphatic carbocycles. The van der Waals surface area contributed by atoms with Gasteiger partial charge in [0.1, 0.15) is 0 Å². The first-order valence-electron chi connectivity index (χ1n) is 9.04. The third-order valence-electron chi connectivity index (χ3n) is 4.61. The largest absolute Gasteiger partial charge is 0.381 e. The van der Waals surface area contributed by atoms with E-state index in [0.29, 0.717) is 26.3 Å². The van der Waals surface area contributed by atoms with Crippen molar-refractivity contribution >= 4 is 17.5 Å². The molecule has 0 spiro atoms. The van der Waals surface area contributed by atoms with Gasteiger partial charge in [-0.25, -0.2) is 0 Å². The maximum Gasteiger partial charge on any atom is 0.223 e. The van der Waals surface area contributed by atoms with E-state index in [1.165, 1.54) is 0 Å². The third kappa shape index (κ3) is 5.30. The molecule has 25 heavy (non-hydrogen) atoms. The fourth-order valence-electron chi connectivity index (χ4n) is 3.19. The molecule has 0 atom stereocenters. The minimum Gasteiger partial charge on any atom is -0.381 e. The van der Waals surface area contributed by atoms with Crippen LogP contribution >= 0.6 is 0 Å². The molecule has 1 aromatic rings. The van der Waals surface area contributed by atoms with Gasteiger partial charge < -0.3 is 15.0 Å². The fraction of sp³-hybridized carbons (Fsp3) is 0.600. The molecule has 5 nitrogen and oxygen atoms in total. The Morgan fingerprint density at radius 1 is 1.20 bits per heavy atom. The predicted molar refractivity (Wildman–Crippen MR) is 99.7 cm³/mol. The topological polar surface area (TPSA) is 58.6 Å². The molecule has 0 saturated carbocycles. The average molecular weight is 346 g/mol. The van der Waals surface area contributed by atoms with Crippen molar-refractivity contribution in [2.24, 2.45) is 5.92 Å². The summed E-state index contributed by atoms with van der Waals surface area (Å²) < 4.78 is 5.29. The van der Waals surface area contributed by atoms with Gasteiger partial charge in [-0.3, -0.25) is 9.59 Å². The Kier molecular flexibility index (Phi) is 6.59. The zero-order chi connectivity index (χ0) is 18.4. The molecule has 5 heteroatoms. The molecular formula is C20H30N2O3. The molecule has 0 radical (unpaired) electrons. The molecule has 1 fully saturated rings. The zero-order valence-electron chi connectivity index (χ0n) is 15.8. The Morgan fingerprint density at radius 2 is 1.84 bits per heavy atom. The summed E-state index contributed by atoms with van der Waals surface area (Å²) in [6.45, 7) is 10.2. The molecule has 1 N–H and O–H groups in total. The van der Waals surface area contributed by atoms with Crippen LogP contribution in [0.15, 0.2) is 24.3 Å². The number of para-hydroxylation sites is 1. The number of hydrogen-bond donors (Lipinski definition) is 1. The fourth-order valence-corrected chi connectivity index (χ4v) is 3.19. The van der Waals surface area contributed by atoms with E-state index in [1.807, 2.05) is 18.2 Å². The molecule has 0 unspecified atom stereocenters. The number of hydrogen-bond acceptors (Lipinski definition) is 3. The molecule has 138 valence electrons. The van der Waals surface area contributed by atoms with Gasteiger partial charge in [-0.1, -0.05) is 39.0 Å². The third-order valence-corrected chi connectivity index (χ3v) is 4.61. The van der Waals surface area contributed by atoms with Crippen molar-refractivity contribution in [2.75, 3.05) is 31.2 Å². The summed E-state index contributed by atoms with van der Waals surface area (Å²) >= 11 is 0. The standard InChI is InChI=1S/C20H30N2O3/c1-15(23)22(18-8-6-5-7-17(18)20(2,3)4)12-11-21-19(24)16-9-13-25-14-10-16/h5-8,16H,9-14H2,1-4H3,(H,21,24). The van der Waals surface area contributed by atoms with Crippen LogP contribution in [0, 0.1) is 5.92 Å². The summed E-state index contributed by atoms with van der Waals surface area (Å²) in [7, 11) is 0. The van der Waals surface area contributed by atoms with Gasteiger partial charge >= 0.3 is 0 Å². The van der Waals surface area contributed by atoms with Crippen molar-refractivity contribution < 1.29 is 14.3 Å². The van der Waals surface area contributed by atoms with Gasteiger partial charge in [0.05, 0.1) is 0 Å². The van der Waals surface area contributed by atoms with Gasteiger partial charge in [0.25, 0.3) is 0 Å². The Hall–Kier alpha value is -1.88. The van der Waals surface area contributed by atoms with Crippen LogP contribution in [-0.4, -0.2) is 38.1 Å². The number of benzene rings is 1. The van der Waals surface area contributed by atoms with Gasteiger partial charge in [0.2, 0.25) is 11.8 Å². The minimum atomic E-state index is -0.0599. The molecule has 1 saturated heterocycles. The molecule has 0 aromatic heterocycles. The second-order valence-corrected chi connectivity index (χ2v) is 7.62. The molecule has 2 amide bonds. The van der Waals surface area contributed by atoms with Gasteiger partial charge in [-0.15, -0.1) is 0 Å². The van der Waals surface area contributed by atoms with Gasteiger partial charge in [-0.05, 0) is 29.9 Å². The van der Waals surface area contributed by atoms with Crippen molar-refractivity contribution in [3.05, 3.63) is 29.8 Å². The summed E-state index contributed by atoms with van der Waals surface area (Å²) in [4.78, 5) is 26.2. The summed E-state index contributed by atoms with van der Waals surface area (Å²) in [5, 5.41) is 2.98. The zero-order valence-corrected chi connectivity index (χ0v) is 15.8. The lowest BCUT2D eigenvalue weighted by Gasteiger charge is -2.30. The maximum atomic E-state index is 12.2. The van der Waals surface area contributed by atoms with Crippen LogP contribution in [0.5, 0.6) is 0 Å². The van der Waals surface area contributed by atoms with Crippen LogP contribution in [0.2, 0.25) is 0 Å². The van der Waals surface area contributed by atoms with E-state index in [4.69, 9.17) is 4.74 Å². The number of anilines is 1. The van der Waals surface area contributed by atoms with E-state index < -0.39 is 0 Å². The molecular weight excluding hydrogens is 316 g/mol. The van der Waals surface area contributed by atoms with E-state index in [-0.39, 0.29) is 23.1 Å². The monoisotopic (exact) mass is 346 g/mol. The SMILES string of the molecule is CC(=O)N(CCNC(=O)C1CCOCC1)c1ccccc1C(C)(C)C. The van der Waals surface area contributed by atoms with Crippen LogP contribution in [0.25, 0.3) is 0 Å². The summed E-state index contributed by atoms with van der Waals surface area (Å²) in [5.41, 5.74) is 1.99. The van der Waals surface area contributed by atoms with Gasteiger partial charge in [-0.2, -0.15) is 0 Å². The van der Waals surface area contributed by atoms with Crippen LogP contribution in [0.3, 0.4) is 0 Å². The molecule has 0 bridgehead atoms. The lowest BCUT2D eigenvalue weighted by molar-refractivity contribution is -0.127. The Morgan fingerprint density at radius 3 is 2.44 bits per heavy atom. The second kappa shape index (κ2) is 8.48. The van der Waals surface area contributed by atoms with Crippen LogP contribution in [0.1, 0.15) is 46.1 Å². The van der Waals surface area contributed by atoms with Crippen molar-refractivity contribution in [2.45, 2.75) is 46.0 Å². The van der Waals surface area contributed by atoms with Crippen molar-refractivity contribution in [3.63, 3.8) is 0 Å². The Balaban J connectivity index is 2.02. The van der Waals surface area contributed by atoms with Crippen molar-refractivity contribution in [1.29, 1.82) is 0 Å².